The SMILES string of the molecule is CCOCCCN(CC(=O)N(Cc1cccn1Cc1ccccc1Cl)CC(C)C)C(=O)c1ccc2c(c1)OCO2. The molecule has 3 aromatic rings. The third-order valence-electron chi connectivity index (χ3n) is 6.67. The molecular weight excluding hydrogens is 530 g/mol. The summed E-state index contributed by atoms with van der Waals surface area (Å²) in [6.45, 7) is 9.33. The number of ether oxygens (including phenoxy) is 3. The average Bonchev–Trinajstić information content (AvgIpc) is 3.59. The Hall–Kier alpha value is -3.49. The normalized spacial score (nSPS) is 12.1. The number of carbonyl (C=O) groups is 2. The van der Waals surface area contributed by atoms with Gasteiger partial charge in [0.05, 0.1) is 6.54 Å². The largest absolute Gasteiger partial charge is 0.454 e. The first-order valence-electron chi connectivity index (χ1n) is 13.8. The van der Waals surface area contributed by atoms with Gasteiger partial charge in [0.15, 0.2) is 11.5 Å². The van der Waals surface area contributed by atoms with Crippen molar-refractivity contribution in [2.45, 2.75) is 40.3 Å². The lowest BCUT2D eigenvalue weighted by atomic mass is 10.1. The summed E-state index contributed by atoms with van der Waals surface area (Å²) in [5, 5.41) is 0.710. The van der Waals surface area contributed by atoms with Crippen LogP contribution in [0.3, 0.4) is 0 Å². The van der Waals surface area contributed by atoms with Gasteiger partial charge in [0.1, 0.15) is 6.54 Å². The molecule has 0 bridgehead atoms. The van der Waals surface area contributed by atoms with Gasteiger partial charge in [0, 0.05) is 55.3 Å². The van der Waals surface area contributed by atoms with Crippen LogP contribution in [0.4, 0.5) is 0 Å². The van der Waals surface area contributed by atoms with Crippen LogP contribution in [0, 0.1) is 5.92 Å². The molecule has 0 saturated carbocycles. The smallest absolute Gasteiger partial charge is 0.254 e. The van der Waals surface area contributed by atoms with Gasteiger partial charge in [0.25, 0.3) is 5.91 Å². The van der Waals surface area contributed by atoms with Gasteiger partial charge >= 0.3 is 0 Å². The van der Waals surface area contributed by atoms with E-state index >= 15 is 0 Å². The molecule has 2 aromatic carbocycles. The first-order chi connectivity index (χ1) is 19.4. The van der Waals surface area contributed by atoms with Crippen LogP contribution in [0.1, 0.15) is 48.8 Å². The van der Waals surface area contributed by atoms with Crippen LogP contribution in [0.15, 0.2) is 60.8 Å². The highest BCUT2D eigenvalue weighted by Crippen LogP contribution is 2.33. The van der Waals surface area contributed by atoms with Crippen LogP contribution in [0.2, 0.25) is 5.02 Å². The summed E-state index contributed by atoms with van der Waals surface area (Å²) in [4.78, 5) is 30.8. The Morgan fingerprint density at radius 1 is 1.05 bits per heavy atom. The number of carbonyl (C=O) groups excluding carboxylic acids is 2. The highest BCUT2D eigenvalue weighted by molar-refractivity contribution is 6.31. The van der Waals surface area contributed by atoms with Gasteiger partial charge in [-0.05, 0) is 61.2 Å². The number of fused-ring (bicyclic) bond motifs is 1. The Morgan fingerprint density at radius 2 is 1.85 bits per heavy atom. The number of hydrogen-bond acceptors (Lipinski definition) is 5. The number of nitrogens with zero attached hydrogens (tertiary/aromatic N) is 3. The summed E-state index contributed by atoms with van der Waals surface area (Å²) < 4.78 is 18.5. The third-order valence-corrected chi connectivity index (χ3v) is 7.04. The number of hydrogen-bond donors (Lipinski definition) is 0. The van der Waals surface area contributed by atoms with Crippen LogP contribution < -0.4 is 9.47 Å². The van der Waals surface area contributed by atoms with Gasteiger partial charge in [-0.3, -0.25) is 9.59 Å². The molecule has 2 amide bonds. The molecule has 0 radical (unpaired) electrons. The van der Waals surface area contributed by atoms with Crippen molar-refractivity contribution in [3.05, 3.63) is 82.6 Å². The van der Waals surface area contributed by atoms with Crippen LogP contribution in [0.25, 0.3) is 0 Å². The molecule has 1 aliphatic heterocycles. The fraction of sp³-hybridized carbons (Fsp3) is 0.419. The first kappa shape index (κ1) is 29.5. The second-order valence-corrected chi connectivity index (χ2v) is 10.6. The van der Waals surface area contributed by atoms with Crippen molar-refractivity contribution in [2.75, 3.05) is 39.6 Å². The minimum absolute atomic E-state index is 0.0304. The van der Waals surface area contributed by atoms with E-state index in [1.807, 2.05) is 54.4 Å². The quantitative estimate of drug-likeness (QED) is 0.241. The second-order valence-electron chi connectivity index (χ2n) is 10.2. The van der Waals surface area contributed by atoms with Crippen LogP contribution >= 0.6 is 11.6 Å². The van der Waals surface area contributed by atoms with Gasteiger partial charge in [-0.2, -0.15) is 0 Å². The second kappa shape index (κ2) is 14.2. The monoisotopic (exact) mass is 567 g/mol. The van der Waals surface area contributed by atoms with E-state index < -0.39 is 0 Å². The molecule has 0 unspecified atom stereocenters. The van der Waals surface area contributed by atoms with E-state index in [1.54, 1.807) is 23.1 Å². The molecule has 1 aromatic heterocycles. The Balaban J connectivity index is 1.51. The van der Waals surface area contributed by atoms with Crippen molar-refractivity contribution in [1.82, 2.24) is 14.4 Å². The van der Waals surface area contributed by atoms with Crippen LogP contribution in [-0.4, -0.2) is 65.8 Å². The van der Waals surface area contributed by atoms with Crippen molar-refractivity contribution in [3.8, 4) is 11.5 Å². The third kappa shape index (κ3) is 7.79. The topological polar surface area (TPSA) is 73.2 Å². The number of rotatable bonds is 14. The fourth-order valence-corrected chi connectivity index (χ4v) is 4.87. The van der Waals surface area contributed by atoms with Crippen molar-refractivity contribution >= 4 is 23.4 Å². The molecule has 1 aliphatic rings. The minimum Gasteiger partial charge on any atom is -0.454 e. The number of benzene rings is 2. The average molecular weight is 568 g/mol. The summed E-state index contributed by atoms with van der Waals surface area (Å²) >= 11 is 6.41. The van der Waals surface area contributed by atoms with Crippen molar-refractivity contribution in [1.29, 1.82) is 0 Å². The van der Waals surface area contributed by atoms with Gasteiger partial charge in [-0.25, -0.2) is 0 Å². The zero-order chi connectivity index (χ0) is 28.5. The molecule has 4 rings (SSSR count). The molecule has 0 saturated heterocycles. The summed E-state index contributed by atoms with van der Waals surface area (Å²) in [5.74, 6) is 1.07. The Bertz CT molecular complexity index is 1290. The molecule has 0 fully saturated rings. The van der Waals surface area contributed by atoms with Gasteiger partial charge < -0.3 is 28.6 Å². The molecule has 0 atom stereocenters. The highest BCUT2D eigenvalue weighted by atomic mass is 35.5. The van der Waals surface area contributed by atoms with E-state index in [-0.39, 0.29) is 31.1 Å². The molecule has 0 N–H and O–H groups in total. The lowest BCUT2D eigenvalue weighted by Crippen LogP contribution is -2.44. The predicted molar refractivity (Wildman–Crippen MR) is 155 cm³/mol. The lowest BCUT2D eigenvalue weighted by molar-refractivity contribution is -0.133. The Kier molecular flexibility index (Phi) is 10.5. The van der Waals surface area contributed by atoms with E-state index in [2.05, 4.69) is 18.4 Å². The Labute approximate surface area is 241 Å². The van der Waals surface area contributed by atoms with E-state index in [0.717, 1.165) is 11.3 Å². The van der Waals surface area contributed by atoms with E-state index in [1.165, 1.54) is 0 Å². The molecule has 8 nitrogen and oxygen atoms in total. The molecular formula is C31H38ClN3O5. The van der Waals surface area contributed by atoms with Crippen LogP contribution in [-0.2, 0) is 22.6 Å². The minimum atomic E-state index is -0.227. The first-order valence-corrected chi connectivity index (χ1v) is 14.1. The van der Waals surface area contributed by atoms with Crippen molar-refractivity contribution < 1.29 is 23.8 Å². The predicted octanol–water partition coefficient (Wildman–Crippen LogP) is 5.47. The Morgan fingerprint density at radius 3 is 2.62 bits per heavy atom. The molecule has 40 heavy (non-hydrogen) atoms. The maximum Gasteiger partial charge on any atom is 0.254 e. The molecule has 2 heterocycles. The molecule has 214 valence electrons. The van der Waals surface area contributed by atoms with Crippen LogP contribution in [0.5, 0.6) is 11.5 Å². The van der Waals surface area contributed by atoms with Gasteiger partial charge in [-0.15, -0.1) is 0 Å². The van der Waals surface area contributed by atoms with E-state index in [0.29, 0.717) is 67.9 Å². The number of aromatic nitrogens is 1. The summed E-state index contributed by atoms with van der Waals surface area (Å²) in [7, 11) is 0. The standard InChI is InChI=1S/C31H38ClN3O5/c1-4-38-16-8-15-34(31(37)24-12-13-28-29(17-24)40-22-39-28)21-30(36)35(18-23(2)3)20-26-10-7-14-33(26)19-25-9-5-6-11-27(25)32/h5-7,9-14,17,23H,4,8,15-16,18-22H2,1-3H3. The maximum absolute atomic E-state index is 13.8. The molecule has 9 heteroatoms. The van der Waals surface area contributed by atoms with Crippen molar-refractivity contribution in [2.24, 2.45) is 5.92 Å². The molecule has 0 aliphatic carbocycles. The zero-order valence-electron chi connectivity index (χ0n) is 23.5. The zero-order valence-corrected chi connectivity index (χ0v) is 24.2. The highest BCUT2D eigenvalue weighted by Gasteiger charge is 2.25. The fourth-order valence-electron chi connectivity index (χ4n) is 4.68. The number of halogens is 1. The van der Waals surface area contributed by atoms with Gasteiger partial charge in [0.2, 0.25) is 12.7 Å². The summed E-state index contributed by atoms with van der Waals surface area (Å²) in [6.07, 6.45) is 2.63. The van der Waals surface area contributed by atoms with E-state index in [9.17, 15) is 9.59 Å². The number of amides is 2. The van der Waals surface area contributed by atoms with Gasteiger partial charge in [-0.1, -0.05) is 43.6 Å². The van der Waals surface area contributed by atoms with Crippen molar-refractivity contribution in [3.63, 3.8) is 0 Å². The van der Waals surface area contributed by atoms with E-state index in [4.69, 9.17) is 25.8 Å². The summed E-state index contributed by atoms with van der Waals surface area (Å²) in [5.41, 5.74) is 2.47. The maximum atomic E-state index is 13.8. The lowest BCUT2D eigenvalue weighted by Gasteiger charge is -2.29. The molecule has 0 spiro atoms. The summed E-state index contributed by atoms with van der Waals surface area (Å²) in [6, 6.07) is 16.9.